The molecule has 0 radical (unpaired) electrons. The minimum absolute atomic E-state index is 0.280. The number of hydrogen-bond donors (Lipinski definition) is 2. The molecule has 0 saturated carbocycles. The van der Waals surface area contributed by atoms with E-state index in [0.717, 1.165) is 11.1 Å². The van der Waals surface area contributed by atoms with Crippen LogP contribution in [0.3, 0.4) is 0 Å². The highest BCUT2D eigenvalue weighted by atomic mass is 16.6. The predicted molar refractivity (Wildman–Crippen MR) is 98.2 cm³/mol. The van der Waals surface area contributed by atoms with Crippen molar-refractivity contribution in [2.24, 2.45) is 0 Å². The zero-order valence-electron chi connectivity index (χ0n) is 15.6. The molecule has 0 unspecified atom stereocenters. The number of benzene rings is 1. The van der Waals surface area contributed by atoms with Crippen molar-refractivity contribution < 1.29 is 24.5 Å². The third-order valence-electron chi connectivity index (χ3n) is 4.32. The van der Waals surface area contributed by atoms with Crippen molar-refractivity contribution in [3.05, 3.63) is 47.5 Å². The van der Waals surface area contributed by atoms with Crippen LogP contribution < -0.4 is 0 Å². The van der Waals surface area contributed by atoms with Gasteiger partial charge in [0.1, 0.15) is 5.60 Å². The monoisotopic (exact) mass is 361 g/mol. The van der Waals surface area contributed by atoms with Crippen LogP contribution >= 0.6 is 0 Å². The minimum Gasteiger partial charge on any atom is -0.465 e. The molecule has 2 rings (SSSR count). The summed E-state index contributed by atoms with van der Waals surface area (Å²) in [6, 6.07) is 4.69. The molecule has 142 valence electrons. The molecule has 1 saturated heterocycles. The average Bonchev–Trinajstić information content (AvgIpc) is 2.53. The van der Waals surface area contributed by atoms with Crippen LogP contribution in [0, 0.1) is 0 Å². The molecule has 2 atom stereocenters. The number of aliphatic hydroxyl groups excluding tert-OH is 1. The first-order valence-corrected chi connectivity index (χ1v) is 8.77. The number of aliphatic hydroxyl groups is 1. The fourth-order valence-electron chi connectivity index (χ4n) is 3.20. The maximum Gasteiger partial charge on any atom is 0.407 e. The molecule has 26 heavy (non-hydrogen) atoms. The van der Waals surface area contributed by atoms with Gasteiger partial charge in [-0.2, -0.15) is 0 Å². The summed E-state index contributed by atoms with van der Waals surface area (Å²) in [7, 11) is 0. The molecule has 0 aromatic heterocycles. The van der Waals surface area contributed by atoms with Crippen molar-refractivity contribution in [2.75, 3.05) is 6.54 Å². The van der Waals surface area contributed by atoms with Gasteiger partial charge >= 0.3 is 12.1 Å². The molecule has 0 bridgehead atoms. The number of allylic oxidation sites excluding steroid dienone is 1. The van der Waals surface area contributed by atoms with Gasteiger partial charge in [0.2, 0.25) is 0 Å². The van der Waals surface area contributed by atoms with E-state index >= 15 is 0 Å². The second-order valence-electron chi connectivity index (χ2n) is 7.58. The number of hydrogen-bond acceptors (Lipinski definition) is 4. The van der Waals surface area contributed by atoms with E-state index in [4.69, 9.17) is 4.74 Å². The highest BCUT2D eigenvalue weighted by molar-refractivity contribution is 5.90. The van der Waals surface area contributed by atoms with E-state index in [0.29, 0.717) is 24.8 Å². The first kappa shape index (κ1) is 20.0. The van der Waals surface area contributed by atoms with E-state index in [-0.39, 0.29) is 6.54 Å². The lowest BCUT2D eigenvalue weighted by Gasteiger charge is -2.37. The van der Waals surface area contributed by atoms with Gasteiger partial charge in [-0.1, -0.05) is 12.1 Å². The SMILES string of the molecule is C=CCc1cc(C(=O)OC(C)(C)C)ccc1[C@@H]1C[C@@H](O)CCN1C(=O)O. The number of esters is 1. The van der Waals surface area contributed by atoms with Crippen LogP contribution in [0.4, 0.5) is 4.79 Å². The van der Waals surface area contributed by atoms with Gasteiger partial charge in [-0.25, -0.2) is 9.59 Å². The molecule has 0 spiro atoms. The number of carbonyl (C=O) groups is 2. The zero-order valence-corrected chi connectivity index (χ0v) is 15.6. The molecule has 1 aromatic rings. The Labute approximate surface area is 154 Å². The Kier molecular flexibility index (Phi) is 6.08. The molecular formula is C20H27NO5. The van der Waals surface area contributed by atoms with Gasteiger partial charge in [-0.3, -0.25) is 0 Å². The number of rotatable bonds is 4. The van der Waals surface area contributed by atoms with Crippen LogP contribution in [-0.4, -0.2) is 45.4 Å². The van der Waals surface area contributed by atoms with Crippen molar-refractivity contribution in [3.8, 4) is 0 Å². The largest absolute Gasteiger partial charge is 0.465 e. The van der Waals surface area contributed by atoms with Crippen LogP contribution in [-0.2, 0) is 11.2 Å². The van der Waals surface area contributed by atoms with Crippen LogP contribution in [0.15, 0.2) is 30.9 Å². The predicted octanol–water partition coefficient (Wildman–Crippen LogP) is 3.55. The Morgan fingerprint density at radius 1 is 1.38 bits per heavy atom. The number of amides is 1. The molecule has 1 amide bonds. The van der Waals surface area contributed by atoms with E-state index in [2.05, 4.69) is 6.58 Å². The lowest BCUT2D eigenvalue weighted by Crippen LogP contribution is -2.42. The summed E-state index contributed by atoms with van der Waals surface area (Å²) >= 11 is 0. The van der Waals surface area contributed by atoms with Crippen molar-refractivity contribution in [1.82, 2.24) is 4.90 Å². The van der Waals surface area contributed by atoms with E-state index in [1.54, 1.807) is 45.0 Å². The van der Waals surface area contributed by atoms with Crippen LogP contribution in [0.25, 0.3) is 0 Å². The minimum atomic E-state index is -1.01. The normalized spacial score (nSPS) is 20.5. The lowest BCUT2D eigenvalue weighted by atomic mass is 9.88. The Morgan fingerprint density at radius 2 is 2.08 bits per heavy atom. The molecule has 1 aliphatic heterocycles. The van der Waals surface area contributed by atoms with E-state index in [1.807, 2.05) is 0 Å². The number of carboxylic acid groups (broad SMARTS) is 1. The van der Waals surface area contributed by atoms with E-state index in [9.17, 15) is 19.8 Å². The fraction of sp³-hybridized carbons (Fsp3) is 0.500. The average molecular weight is 361 g/mol. The summed E-state index contributed by atoms with van der Waals surface area (Å²) < 4.78 is 5.41. The van der Waals surface area contributed by atoms with Gasteiger partial charge in [0.05, 0.1) is 17.7 Å². The van der Waals surface area contributed by atoms with Gasteiger partial charge in [0.25, 0.3) is 0 Å². The number of carbonyl (C=O) groups excluding carboxylic acids is 1. The fourth-order valence-corrected chi connectivity index (χ4v) is 3.20. The Balaban J connectivity index is 2.40. The maximum atomic E-state index is 12.3. The third kappa shape index (κ3) is 4.85. The van der Waals surface area contributed by atoms with Gasteiger partial charge < -0.3 is 19.8 Å². The number of piperidine rings is 1. The van der Waals surface area contributed by atoms with Crippen molar-refractivity contribution >= 4 is 12.1 Å². The molecule has 2 N–H and O–H groups in total. The Bertz CT molecular complexity index is 692. The number of nitrogens with zero attached hydrogens (tertiary/aromatic N) is 1. The second kappa shape index (κ2) is 7.91. The molecular weight excluding hydrogens is 334 g/mol. The Morgan fingerprint density at radius 3 is 2.65 bits per heavy atom. The van der Waals surface area contributed by atoms with E-state index in [1.165, 1.54) is 4.90 Å². The van der Waals surface area contributed by atoms with Crippen LogP contribution in [0.5, 0.6) is 0 Å². The van der Waals surface area contributed by atoms with E-state index < -0.39 is 29.8 Å². The molecule has 1 fully saturated rings. The van der Waals surface area contributed by atoms with Crippen molar-refractivity contribution in [3.63, 3.8) is 0 Å². The van der Waals surface area contributed by atoms with Gasteiger partial charge in [-0.15, -0.1) is 6.58 Å². The molecule has 1 aliphatic rings. The van der Waals surface area contributed by atoms with Gasteiger partial charge in [0, 0.05) is 6.54 Å². The third-order valence-corrected chi connectivity index (χ3v) is 4.32. The topological polar surface area (TPSA) is 87.1 Å². The number of ether oxygens (including phenoxy) is 1. The summed E-state index contributed by atoms with van der Waals surface area (Å²) in [5.74, 6) is -0.423. The summed E-state index contributed by atoms with van der Waals surface area (Å²) in [4.78, 5) is 25.3. The first-order chi connectivity index (χ1) is 12.1. The van der Waals surface area contributed by atoms with Gasteiger partial charge in [-0.05, 0) is 63.3 Å². The first-order valence-electron chi connectivity index (χ1n) is 8.77. The lowest BCUT2D eigenvalue weighted by molar-refractivity contribution is 0.00685. The number of likely N-dealkylation sites (tertiary alicyclic amines) is 1. The summed E-state index contributed by atoms with van der Waals surface area (Å²) in [6.45, 7) is 9.44. The molecule has 6 heteroatoms. The van der Waals surface area contributed by atoms with Crippen molar-refractivity contribution in [1.29, 1.82) is 0 Å². The maximum absolute atomic E-state index is 12.3. The summed E-state index contributed by atoms with van der Waals surface area (Å²) in [5.41, 5.74) is 1.42. The molecule has 1 aromatic carbocycles. The quantitative estimate of drug-likeness (QED) is 0.633. The summed E-state index contributed by atoms with van der Waals surface area (Å²) in [6.07, 6.45) is 1.41. The molecule has 0 aliphatic carbocycles. The van der Waals surface area contributed by atoms with Crippen LogP contribution in [0.1, 0.15) is 61.1 Å². The van der Waals surface area contributed by atoms with Gasteiger partial charge in [0.15, 0.2) is 0 Å². The smallest absolute Gasteiger partial charge is 0.407 e. The molecule has 6 nitrogen and oxygen atoms in total. The second-order valence-corrected chi connectivity index (χ2v) is 7.58. The highest BCUT2D eigenvalue weighted by Crippen LogP contribution is 2.34. The summed E-state index contributed by atoms with van der Waals surface area (Å²) in [5, 5.41) is 19.5. The highest BCUT2D eigenvalue weighted by Gasteiger charge is 2.33. The molecule has 1 heterocycles. The van der Waals surface area contributed by atoms with Crippen molar-refractivity contribution in [2.45, 2.75) is 57.8 Å². The Hall–Kier alpha value is -2.34. The zero-order chi connectivity index (χ0) is 19.5. The van der Waals surface area contributed by atoms with Crippen LogP contribution in [0.2, 0.25) is 0 Å². The standard InChI is InChI=1S/C20H27NO5/c1-5-6-13-11-14(18(23)26-20(2,3)4)7-8-16(13)17-12-15(22)9-10-21(17)19(24)25/h5,7-8,11,15,17,22H,1,6,9-10,12H2,2-4H3,(H,24,25)/t15-,17-/m0/s1.